The number of hydrogen-bond acceptors (Lipinski definition) is 8. The zero-order chi connectivity index (χ0) is 34.5. The van der Waals surface area contributed by atoms with Crippen LogP contribution in [0.1, 0.15) is 91.9 Å². The predicted molar refractivity (Wildman–Crippen MR) is 187 cm³/mol. The first-order valence-corrected chi connectivity index (χ1v) is 18.6. The van der Waals surface area contributed by atoms with Crippen molar-refractivity contribution < 1.29 is 67.0 Å². The number of benzene rings is 4. The second-order valence-corrected chi connectivity index (χ2v) is 14.1. The van der Waals surface area contributed by atoms with E-state index >= 15 is 0 Å². The molecule has 4 rings (SSSR count). The largest absolute Gasteiger partial charge is 1.00 e. The molecule has 0 saturated heterocycles. The monoisotopic (exact) mass is 714 g/mol. The van der Waals surface area contributed by atoms with E-state index < -0.39 is 22.2 Å². The van der Waals surface area contributed by atoms with E-state index in [1.807, 2.05) is 12.1 Å². The Morgan fingerprint density at radius 2 is 1.57 bits per heavy atom. The summed E-state index contributed by atoms with van der Waals surface area (Å²) in [6.07, 6.45) is 6.20. The van der Waals surface area contributed by atoms with Gasteiger partial charge in [0.15, 0.2) is 0 Å². The number of aliphatic hydroxyl groups is 1. The molecule has 49 heavy (non-hydrogen) atoms. The van der Waals surface area contributed by atoms with Gasteiger partial charge in [0.1, 0.15) is 22.0 Å². The molecule has 4 aromatic rings. The molecule has 0 aliphatic heterocycles. The second-order valence-electron chi connectivity index (χ2n) is 11.6. The molecule has 256 valence electrons. The van der Waals surface area contributed by atoms with E-state index in [2.05, 4.69) is 13.8 Å². The molecule has 2 N–H and O–H groups in total. The maximum Gasteiger partial charge on any atom is 1.00 e. The molecule has 0 heterocycles. The van der Waals surface area contributed by atoms with Gasteiger partial charge in [-0.2, -0.15) is 0 Å². The fourth-order valence-corrected chi connectivity index (χ4v) is 7.12. The Morgan fingerprint density at radius 3 is 2.27 bits per heavy atom. The molecule has 0 aliphatic carbocycles. The Morgan fingerprint density at radius 1 is 0.857 bits per heavy atom. The number of carboxylic acid groups (broad SMARTS) is 1. The minimum atomic E-state index is -4.87. The van der Waals surface area contributed by atoms with Crippen molar-refractivity contribution in [3.8, 4) is 16.9 Å². The summed E-state index contributed by atoms with van der Waals surface area (Å²) < 4.78 is 49.0. The first-order chi connectivity index (χ1) is 23.1. The Hall–Kier alpha value is -2.67. The van der Waals surface area contributed by atoms with Crippen LogP contribution in [0, 0.1) is 0 Å². The SMILES string of the molecule is CCCCCCCOCc1cc(C(=O)O)cc(C(O)c2ccccc2-c2ccc(Sc3ccc(OCCCC)cc3)c(S(=O)(=O)[O-])c2)c1.[Na+]. The van der Waals surface area contributed by atoms with Gasteiger partial charge in [0.2, 0.25) is 0 Å². The molecule has 0 spiro atoms. The van der Waals surface area contributed by atoms with E-state index in [0.29, 0.717) is 46.8 Å². The molecule has 0 bridgehead atoms. The topological polar surface area (TPSA) is 133 Å². The summed E-state index contributed by atoms with van der Waals surface area (Å²) in [7, 11) is -4.87. The first kappa shape index (κ1) is 40.8. The third-order valence-electron chi connectivity index (χ3n) is 7.84. The van der Waals surface area contributed by atoms with Crippen LogP contribution in [0.4, 0.5) is 0 Å². The predicted octanol–water partition coefficient (Wildman–Crippen LogP) is 5.86. The summed E-state index contributed by atoms with van der Waals surface area (Å²) >= 11 is 1.16. The van der Waals surface area contributed by atoms with Crippen molar-refractivity contribution in [2.75, 3.05) is 13.2 Å². The Bertz CT molecular complexity index is 1760. The number of hydrogen-bond donors (Lipinski definition) is 2. The van der Waals surface area contributed by atoms with Crippen LogP contribution < -0.4 is 34.3 Å². The van der Waals surface area contributed by atoms with E-state index in [1.165, 1.54) is 24.6 Å². The van der Waals surface area contributed by atoms with Crippen molar-refractivity contribution >= 4 is 27.8 Å². The normalized spacial score (nSPS) is 11.9. The maximum absolute atomic E-state index is 12.5. The standard InChI is InChI=1S/C38H44O8S2.Na/c1-3-5-7-8-11-20-45-26-27-22-29(24-30(23-27)38(40)41)37(39)34-13-10-9-12-33(34)28-14-19-35(36(25-28)48(42,43)44)47-32-17-15-31(16-18-32)46-21-6-4-2;/h9-10,12-19,22-25,37,39H,3-8,11,20-21,26H2,1-2H3,(H,40,41)(H,42,43,44);/q;+1/p-1. The van der Waals surface area contributed by atoms with Crippen LogP contribution in [0.3, 0.4) is 0 Å². The summed E-state index contributed by atoms with van der Waals surface area (Å²) in [6.45, 7) is 5.61. The quantitative estimate of drug-likeness (QED) is 0.0697. The Labute approximate surface area is 316 Å². The van der Waals surface area contributed by atoms with Crippen LogP contribution in [0.15, 0.2) is 99.6 Å². The molecule has 8 nitrogen and oxygen atoms in total. The minimum Gasteiger partial charge on any atom is -0.744 e. The van der Waals surface area contributed by atoms with Crippen molar-refractivity contribution in [3.63, 3.8) is 0 Å². The molecule has 0 aliphatic rings. The summed E-state index contributed by atoms with van der Waals surface area (Å²) in [5.41, 5.74) is 2.35. The molecule has 0 saturated carbocycles. The van der Waals surface area contributed by atoms with Crippen LogP contribution in [0.5, 0.6) is 5.75 Å². The molecule has 0 amide bonds. The van der Waals surface area contributed by atoms with Crippen LogP contribution in [-0.2, 0) is 21.5 Å². The van der Waals surface area contributed by atoms with E-state index in [-0.39, 0.29) is 51.5 Å². The van der Waals surface area contributed by atoms with Crippen LogP contribution in [-0.4, -0.2) is 42.4 Å². The fraction of sp³-hybridized carbons (Fsp3) is 0.342. The molecule has 0 radical (unpaired) electrons. The maximum atomic E-state index is 12.5. The van der Waals surface area contributed by atoms with Gasteiger partial charge in [0.05, 0.1) is 23.7 Å². The average Bonchev–Trinajstić information content (AvgIpc) is 3.08. The van der Waals surface area contributed by atoms with Crippen molar-refractivity contribution in [2.24, 2.45) is 0 Å². The molecule has 4 aromatic carbocycles. The zero-order valence-corrected chi connectivity index (χ0v) is 32.0. The number of rotatable bonds is 19. The molecule has 1 atom stereocenters. The van der Waals surface area contributed by atoms with Gasteiger partial charge < -0.3 is 24.2 Å². The van der Waals surface area contributed by atoms with Gasteiger partial charge in [0, 0.05) is 16.4 Å². The smallest absolute Gasteiger partial charge is 0.744 e. The third-order valence-corrected chi connectivity index (χ3v) is 9.93. The van der Waals surface area contributed by atoms with Gasteiger partial charge in [-0.05, 0) is 89.2 Å². The van der Waals surface area contributed by atoms with Gasteiger partial charge in [-0.25, -0.2) is 13.2 Å². The van der Waals surface area contributed by atoms with Crippen molar-refractivity contribution in [1.82, 2.24) is 0 Å². The number of carboxylic acids is 1. The first-order valence-electron chi connectivity index (χ1n) is 16.3. The minimum absolute atomic E-state index is 0. The van der Waals surface area contributed by atoms with E-state index in [4.69, 9.17) is 9.47 Å². The molecular formula is C38H43NaO8S2. The number of unbranched alkanes of at least 4 members (excludes halogenated alkanes) is 5. The molecule has 11 heteroatoms. The summed E-state index contributed by atoms with van der Waals surface area (Å²) in [5, 5.41) is 21.4. The van der Waals surface area contributed by atoms with E-state index in [9.17, 15) is 28.0 Å². The van der Waals surface area contributed by atoms with Gasteiger partial charge in [-0.15, -0.1) is 0 Å². The fourth-order valence-electron chi connectivity index (χ4n) is 5.28. The Balaban J connectivity index is 0.00000650. The van der Waals surface area contributed by atoms with Crippen molar-refractivity contribution in [3.05, 3.63) is 107 Å². The van der Waals surface area contributed by atoms with Gasteiger partial charge in [-0.1, -0.05) is 94.1 Å². The molecule has 1 unspecified atom stereocenters. The van der Waals surface area contributed by atoms with Crippen molar-refractivity contribution in [1.29, 1.82) is 0 Å². The molecule has 0 fully saturated rings. The van der Waals surface area contributed by atoms with Crippen LogP contribution in [0.25, 0.3) is 11.1 Å². The van der Waals surface area contributed by atoms with Gasteiger partial charge in [-0.3, -0.25) is 0 Å². The summed E-state index contributed by atoms with van der Waals surface area (Å²) in [4.78, 5) is 12.6. The van der Waals surface area contributed by atoms with Gasteiger partial charge >= 0.3 is 35.5 Å². The number of ether oxygens (including phenoxy) is 2. The summed E-state index contributed by atoms with van der Waals surface area (Å²) in [6, 6.07) is 23.4. The second kappa shape index (κ2) is 20.2. The third kappa shape index (κ3) is 12.3. The number of aliphatic hydroxyl groups excluding tert-OH is 1. The van der Waals surface area contributed by atoms with Crippen LogP contribution in [0.2, 0.25) is 0 Å². The van der Waals surface area contributed by atoms with Crippen molar-refractivity contribution in [2.45, 2.75) is 86.2 Å². The van der Waals surface area contributed by atoms with Gasteiger partial charge in [0.25, 0.3) is 0 Å². The van der Waals surface area contributed by atoms with Crippen LogP contribution >= 0.6 is 11.8 Å². The van der Waals surface area contributed by atoms with E-state index in [1.54, 1.807) is 54.6 Å². The average molecular weight is 715 g/mol. The zero-order valence-electron chi connectivity index (χ0n) is 28.4. The Kier molecular flexibility index (Phi) is 16.8. The summed E-state index contributed by atoms with van der Waals surface area (Å²) in [5.74, 6) is -0.420. The molecule has 0 aromatic heterocycles. The number of carbonyl (C=O) groups is 1. The molecular weight excluding hydrogens is 672 g/mol. The number of aromatic carboxylic acids is 1. The van der Waals surface area contributed by atoms with E-state index in [0.717, 1.165) is 55.2 Å².